The van der Waals surface area contributed by atoms with Crippen LogP contribution < -0.4 is 0 Å². The Balaban J connectivity index is 1.65. The molecule has 1 saturated heterocycles. The highest BCUT2D eigenvalue weighted by Crippen LogP contribution is 2.29. The van der Waals surface area contributed by atoms with Gasteiger partial charge >= 0.3 is 0 Å². The third kappa shape index (κ3) is 3.85. The van der Waals surface area contributed by atoms with Crippen LogP contribution in [0.3, 0.4) is 0 Å². The third-order valence-electron chi connectivity index (χ3n) is 4.81. The Morgan fingerprint density at radius 3 is 2.41 bits per heavy atom. The smallest absolute Gasteiger partial charge is 0.275 e. The molecule has 1 aliphatic heterocycles. The van der Waals surface area contributed by atoms with Gasteiger partial charge < -0.3 is 14.2 Å². The zero-order chi connectivity index (χ0) is 19.6. The van der Waals surface area contributed by atoms with E-state index in [4.69, 9.17) is 9.68 Å². The van der Waals surface area contributed by atoms with Crippen molar-refractivity contribution in [2.45, 2.75) is 25.7 Å². The number of amides is 2. The molecule has 2 aromatic rings. The second-order valence-corrected chi connectivity index (χ2v) is 6.91. The van der Waals surface area contributed by atoms with E-state index in [1.807, 2.05) is 6.07 Å². The van der Waals surface area contributed by atoms with Gasteiger partial charge in [0.25, 0.3) is 11.8 Å². The van der Waals surface area contributed by atoms with E-state index in [1.54, 1.807) is 50.2 Å². The molecule has 0 bridgehead atoms. The van der Waals surface area contributed by atoms with E-state index in [1.165, 1.54) is 4.90 Å². The zero-order valence-corrected chi connectivity index (χ0v) is 15.7. The lowest BCUT2D eigenvalue weighted by Gasteiger charge is -2.30. The first-order chi connectivity index (χ1) is 12.9. The number of carbonyl (C=O) groups excluding carboxylic acids is 2. The molecule has 3 rings (SSSR count). The van der Waals surface area contributed by atoms with Crippen LogP contribution in [0.2, 0.25) is 0 Å². The van der Waals surface area contributed by atoms with Crippen LogP contribution in [0, 0.1) is 18.3 Å². The topological polar surface area (TPSA) is 90.4 Å². The average molecular weight is 366 g/mol. The number of benzene rings is 1. The molecule has 7 nitrogen and oxygen atoms in total. The molecule has 0 unspecified atom stereocenters. The Morgan fingerprint density at radius 1 is 1.22 bits per heavy atom. The number of aryl methyl sites for hydroxylation is 1. The first-order valence-corrected chi connectivity index (χ1v) is 8.89. The maximum absolute atomic E-state index is 12.6. The average Bonchev–Trinajstić information content (AvgIpc) is 3.08. The minimum Gasteiger partial charge on any atom is -0.445 e. The van der Waals surface area contributed by atoms with E-state index in [2.05, 4.69) is 4.98 Å². The first kappa shape index (κ1) is 18.6. The lowest BCUT2D eigenvalue weighted by molar-refractivity contribution is 0.0706. The Labute approximate surface area is 158 Å². The van der Waals surface area contributed by atoms with E-state index < -0.39 is 0 Å². The van der Waals surface area contributed by atoms with Gasteiger partial charge in [0.05, 0.1) is 11.6 Å². The summed E-state index contributed by atoms with van der Waals surface area (Å²) in [6.45, 7) is 2.95. The molecule has 0 spiro atoms. The van der Waals surface area contributed by atoms with Crippen LogP contribution in [-0.2, 0) is 0 Å². The molecule has 1 aromatic heterocycles. The second kappa shape index (κ2) is 7.62. The van der Waals surface area contributed by atoms with Crippen LogP contribution >= 0.6 is 0 Å². The summed E-state index contributed by atoms with van der Waals surface area (Å²) >= 11 is 0. The fourth-order valence-corrected chi connectivity index (χ4v) is 3.20. The minimum absolute atomic E-state index is 0.0370. The van der Waals surface area contributed by atoms with Crippen molar-refractivity contribution >= 4 is 11.8 Å². The van der Waals surface area contributed by atoms with Crippen molar-refractivity contribution in [3.8, 4) is 6.07 Å². The highest BCUT2D eigenvalue weighted by Gasteiger charge is 2.29. The van der Waals surface area contributed by atoms with Gasteiger partial charge in [-0.3, -0.25) is 9.59 Å². The molecule has 2 amide bonds. The molecular weight excluding hydrogens is 344 g/mol. The SMILES string of the molecule is Cc1oc(C2CCN(C(=O)c3ccc(C#N)cc3)CC2)nc1C(=O)N(C)C. The van der Waals surface area contributed by atoms with Crippen molar-refractivity contribution in [1.29, 1.82) is 5.26 Å². The Hall–Kier alpha value is -3.14. The van der Waals surface area contributed by atoms with Crippen molar-refractivity contribution in [2.75, 3.05) is 27.2 Å². The van der Waals surface area contributed by atoms with Crippen molar-refractivity contribution < 1.29 is 14.0 Å². The zero-order valence-electron chi connectivity index (χ0n) is 15.7. The number of nitrogens with zero attached hydrogens (tertiary/aromatic N) is 4. The lowest BCUT2D eigenvalue weighted by atomic mass is 9.96. The fourth-order valence-electron chi connectivity index (χ4n) is 3.20. The van der Waals surface area contributed by atoms with E-state index in [9.17, 15) is 9.59 Å². The van der Waals surface area contributed by atoms with Crippen LogP contribution in [0.25, 0.3) is 0 Å². The predicted octanol–water partition coefficient (Wildman–Crippen LogP) is 2.58. The van der Waals surface area contributed by atoms with Gasteiger partial charge in [0.15, 0.2) is 11.6 Å². The standard InChI is InChI=1S/C20H22N4O3/c1-13-17(20(26)23(2)3)22-18(27-13)15-8-10-24(11-9-15)19(25)16-6-4-14(12-21)5-7-16/h4-7,15H,8-11H2,1-3H3. The van der Waals surface area contributed by atoms with Gasteiger partial charge in [-0.05, 0) is 44.0 Å². The summed E-state index contributed by atoms with van der Waals surface area (Å²) in [6, 6.07) is 8.72. The van der Waals surface area contributed by atoms with Crippen LogP contribution in [0.15, 0.2) is 28.7 Å². The quantitative estimate of drug-likeness (QED) is 0.833. The number of likely N-dealkylation sites (tertiary alicyclic amines) is 1. The van der Waals surface area contributed by atoms with Gasteiger partial charge in [-0.1, -0.05) is 0 Å². The van der Waals surface area contributed by atoms with Gasteiger partial charge in [0.2, 0.25) is 0 Å². The molecule has 27 heavy (non-hydrogen) atoms. The summed E-state index contributed by atoms with van der Waals surface area (Å²) in [6.07, 6.45) is 1.47. The summed E-state index contributed by atoms with van der Waals surface area (Å²) in [5.74, 6) is 0.987. The Kier molecular flexibility index (Phi) is 5.26. The predicted molar refractivity (Wildman–Crippen MR) is 98.3 cm³/mol. The Bertz CT molecular complexity index is 885. The number of carbonyl (C=O) groups is 2. The molecule has 0 aliphatic carbocycles. The van der Waals surface area contributed by atoms with Gasteiger partial charge in [-0.25, -0.2) is 4.98 Å². The summed E-state index contributed by atoms with van der Waals surface area (Å²) < 4.78 is 5.74. The largest absolute Gasteiger partial charge is 0.445 e. The fraction of sp³-hybridized carbons (Fsp3) is 0.400. The monoisotopic (exact) mass is 366 g/mol. The molecule has 2 heterocycles. The summed E-state index contributed by atoms with van der Waals surface area (Å²) in [5.41, 5.74) is 1.47. The number of hydrogen-bond donors (Lipinski definition) is 0. The molecule has 7 heteroatoms. The maximum atomic E-state index is 12.6. The van der Waals surface area contributed by atoms with Gasteiger partial charge in [-0.2, -0.15) is 5.26 Å². The summed E-state index contributed by atoms with van der Waals surface area (Å²) in [5, 5.41) is 8.86. The summed E-state index contributed by atoms with van der Waals surface area (Å²) in [7, 11) is 3.37. The molecule has 0 N–H and O–H groups in total. The van der Waals surface area contributed by atoms with Gasteiger partial charge in [-0.15, -0.1) is 0 Å². The number of rotatable bonds is 3. The normalized spacial score (nSPS) is 14.7. The number of piperidine rings is 1. The van der Waals surface area contributed by atoms with Crippen molar-refractivity contribution in [1.82, 2.24) is 14.8 Å². The summed E-state index contributed by atoms with van der Waals surface area (Å²) in [4.78, 5) is 32.4. The maximum Gasteiger partial charge on any atom is 0.275 e. The van der Waals surface area contributed by atoms with E-state index in [-0.39, 0.29) is 17.7 Å². The number of aromatic nitrogens is 1. The third-order valence-corrected chi connectivity index (χ3v) is 4.81. The van der Waals surface area contributed by atoms with E-state index >= 15 is 0 Å². The molecule has 0 radical (unpaired) electrons. The van der Waals surface area contributed by atoms with Crippen molar-refractivity contribution in [3.05, 3.63) is 52.7 Å². The molecule has 0 saturated carbocycles. The number of oxazole rings is 1. The molecular formula is C20H22N4O3. The molecule has 0 atom stereocenters. The molecule has 1 aromatic carbocycles. The van der Waals surface area contributed by atoms with Crippen molar-refractivity contribution in [2.24, 2.45) is 0 Å². The first-order valence-electron chi connectivity index (χ1n) is 8.89. The molecule has 1 fully saturated rings. The number of nitriles is 1. The molecule has 140 valence electrons. The molecule has 1 aliphatic rings. The highest BCUT2D eigenvalue weighted by molar-refractivity contribution is 5.94. The highest BCUT2D eigenvalue weighted by atomic mass is 16.4. The van der Waals surface area contributed by atoms with Crippen molar-refractivity contribution in [3.63, 3.8) is 0 Å². The van der Waals surface area contributed by atoms with Crippen LogP contribution in [0.5, 0.6) is 0 Å². The van der Waals surface area contributed by atoms with E-state index in [0.29, 0.717) is 41.6 Å². The Morgan fingerprint density at radius 2 is 1.85 bits per heavy atom. The lowest BCUT2D eigenvalue weighted by Crippen LogP contribution is -2.38. The number of hydrogen-bond acceptors (Lipinski definition) is 5. The second-order valence-electron chi connectivity index (χ2n) is 6.91. The minimum atomic E-state index is -0.170. The van der Waals surface area contributed by atoms with Gasteiger partial charge in [0, 0.05) is 38.7 Å². The van der Waals surface area contributed by atoms with E-state index in [0.717, 1.165) is 12.8 Å². The van der Waals surface area contributed by atoms with Crippen LogP contribution in [-0.4, -0.2) is 53.8 Å². The van der Waals surface area contributed by atoms with Crippen LogP contribution in [0.1, 0.15) is 56.8 Å². The van der Waals surface area contributed by atoms with Gasteiger partial charge in [0.1, 0.15) is 5.76 Å². The van der Waals surface area contributed by atoms with Crippen LogP contribution in [0.4, 0.5) is 0 Å².